The Morgan fingerprint density at radius 3 is 2.41 bits per heavy atom. The minimum atomic E-state index is -4.58. The summed E-state index contributed by atoms with van der Waals surface area (Å²) in [5, 5.41) is 18.3. The Hall–Kier alpha value is -1.55. The van der Waals surface area contributed by atoms with Crippen molar-refractivity contribution in [1.82, 2.24) is 4.98 Å². The molecule has 0 atom stereocenters. The second-order valence-electron chi connectivity index (χ2n) is 2.71. The fraction of sp³-hybridized carbons (Fsp3) is 0.167. The maximum Gasteiger partial charge on any atom is 0.300 e. The van der Waals surface area contributed by atoms with Crippen molar-refractivity contribution in [2.75, 3.05) is 0 Å². The van der Waals surface area contributed by atoms with E-state index in [1.54, 1.807) is 0 Å². The predicted octanol–water partition coefficient (Wildman–Crippen LogP) is 1.56. The number of nitrogens with zero attached hydrogens (tertiary/aromatic N) is 2. The summed E-state index contributed by atoms with van der Waals surface area (Å²) in [5.41, 5.74) is -2.63. The maximum absolute atomic E-state index is 12.5. The normalized spacial score (nSPS) is 11.8. The van der Waals surface area contributed by atoms with Crippen LogP contribution in [0.3, 0.4) is 0 Å². The van der Waals surface area contributed by atoms with Crippen molar-refractivity contribution in [2.45, 2.75) is 11.5 Å². The third-order valence-electron chi connectivity index (χ3n) is 1.68. The Morgan fingerprint density at radius 2 is 2.06 bits per heavy atom. The van der Waals surface area contributed by atoms with Crippen LogP contribution >= 0.6 is 10.7 Å². The molecule has 1 N–H and O–H groups in total. The molecule has 0 spiro atoms. The van der Waals surface area contributed by atoms with Gasteiger partial charge >= 0.3 is 0 Å². The van der Waals surface area contributed by atoms with Crippen molar-refractivity contribution in [3.63, 3.8) is 0 Å². The summed E-state index contributed by atoms with van der Waals surface area (Å²) >= 11 is 0. The van der Waals surface area contributed by atoms with Crippen molar-refractivity contribution in [2.24, 2.45) is 0 Å². The molecule has 0 amide bonds. The molecule has 11 heteroatoms. The van der Waals surface area contributed by atoms with Crippen LogP contribution in [0.4, 0.5) is 14.5 Å². The Morgan fingerprint density at radius 1 is 1.53 bits per heavy atom. The predicted molar refractivity (Wildman–Crippen MR) is 50.6 cm³/mol. The summed E-state index contributed by atoms with van der Waals surface area (Å²) < 4.78 is 46.6. The van der Waals surface area contributed by atoms with Crippen molar-refractivity contribution >= 4 is 25.4 Å². The highest BCUT2D eigenvalue weighted by molar-refractivity contribution is 8.13. The standard InChI is InChI=1S/C6H3ClF2N2O5S/c7-17(15,16)6-4(12)3(5(8)9)2(1-10-6)11(13)14/h1,5,12H. The fourth-order valence-corrected chi connectivity index (χ4v) is 1.88. The van der Waals surface area contributed by atoms with E-state index < -0.39 is 42.4 Å². The third-order valence-corrected chi connectivity index (χ3v) is 2.88. The van der Waals surface area contributed by atoms with Crippen LogP contribution in [0.1, 0.15) is 12.0 Å². The topological polar surface area (TPSA) is 110 Å². The van der Waals surface area contributed by atoms with Gasteiger partial charge in [-0.25, -0.2) is 22.2 Å². The molecule has 0 fully saturated rings. The van der Waals surface area contributed by atoms with Crippen molar-refractivity contribution in [3.05, 3.63) is 21.9 Å². The number of hydrogen-bond acceptors (Lipinski definition) is 6. The highest BCUT2D eigenvalue weighted by atomic mass is 35.7. The average Bonchev–Trinajstić information content (AvgIpc) is 2.13. The number of halogens is 3. The number of alkyl halides is 2. The second kappa shape index (κ2) is 4.37. The lowest BCUT2D eigenvalue weighted by molar-refractivity contribution is -0.386. The van der Waals surface area contributed by atoms with Gasteiger partial charge in [-0.05, 0) is 0 Å². The van der Waals surface area contributed by atoms with Crippen LogP contribution in [0.15, 0.2) is 11.2 Å². The van der Waals surface area contributed by atoms with E-state index in [2.05, 4.69) is 4.98 Å². The zero-order valence-electron chi connectivity index (χ0n) is 7.67. The number of rotatable bonds is 3. The summed E-state index contributed by atoms with van der Waals surface area (Å²) in [4.78, 5) is 12.1. The summed E-state index contributed by atoms with van der Waals surface area (Å²) in [6, 6.07) is 0. The van der Waals surface area contributed by atoms with Gasteiger partial charge in [-0.2, -0.15) is 0 Å². The number of hydrogen-bond donors (Lipinski definition) is 1. The molecule has 1 aromatic heterocycles. The van der Waals surface area contributed by atoms with Gasteiger partial charge in [0, 0.05) is 10.7 Å². The van der Waals surface area contributed by atoms with Gasteiger partial charge in [0.25, 0.3) is 21.2 Å². The molecule has 0 saturated heterocycles. The van der Waals surface area contributed by atoms with Crippen LogP contribution in [0, 0.1) is 10.1 Å². The SMILES string of the molecule is O=[N+]([O-])c1cnc(S(=O)(=O)Cl)c(O)c1C(F)F. The molecular weight excluding hydrogens is 286 g/mol. The molecule has 0 aliphatic carbocycles. The van der Waals surface area contributed by atoms with Gasteiger partial charge in [0.15, 0.2) is 5.75 Å². The Balaban J connectivity index is 3.67. The summed E-state index contributed by atoms with van der Waals surface area (Å²) in [5.74, 6) is -1.52. The molecule has 0 unspecified atom stereocenters. The molecule has 1 rings (SSSR count). The van der Waals surface area contributed by atoms with E-state index in [0.717, 1.165) is 0 Å². The Bertz CT molecular complexity index is 576. The first kappa shape index (κ1) is 13.5. The van der Waals surface area contributed by atoms with Crippen LogP contribution in [-0.4, -0.2) is 23.4 Å². The van der Waals surface area contributed by atoms with Gasteiger partial charge in [-0.15, -0.1) is 0 Å². The third kappa shape index (κ3) is 2.58. The van der Waals surface area contributed by atoms with Gasteiger partial charge in [-0.3, -0.25) is 10.1 Å². The molecule has 0 aromatic carbocycles. The Kier molecular flexibility index (Phi) is 3.48. The molecular formula is C6H3ClF2N2O5S. The molecule has 1 aromatic rings. The summed E-state index contributed by atoms with van der Waals surface area (Å²) in [6.45, 7) is 0. The van der Waals surface area contributed by atoms with Crippen LogP contribution in [0.25, 0.3) is 0 Å². The van der Waals surface area contributed by atoms with Crippen LogP contribution in [-0.2, 0) is 9.05 Å². The highest BCUT2D eigenvalue weighted by Crippen LogP contribution is 2.39. The number of aromatic hydroxyl groups is 1. The van der Waals surface area contributed by atoms with E-state index in [9.17, 15) is 32.4 Å². The lowest BCUT2D eigenvalue weighted by Crippen LogP contribution is -2.03. The van der Waals surface area contributed by atoms with Crippen molar-refractivity contribution in [1.29, 1.82) is 0 Å². The molecule has 17 heavy (non-hydrogen) atoms. The smallest absolute Gasteiger partial charge is 0.300 e. The van der Waals surface area contributed by atoms with Crippen LogP contribution < -0.4 is 0 Å². The van der Waals surface area contributed by atoms with E-state index in [4.69, 9.17) is 10.7 Å². The van der Waals surface area contributed by atoms with Crippen molar-refractivity contribution in [3.8, 4) is 5.75 Å². The number of nitro groups is 1. The van der Waals surface area contributed by atoms with Crippen LogP contribution in [0.2, 0.25) is 0 Å². The minimum absolute atomic E-state index is 0.288. The van der Waals surface area contributed by atoms with Gasteiger partial charge in [0.2, 0.25) is 5.03 Å². The zero-order valence-corrected chi connectivity index (χ0v) is 9.24. The quantitative estimate of drug-likeness (QED) is 0.513. The second-order valence-corrected chi connectivity index (χ2v) is 5.19. The molecule has 0 bridgehead atoms. The van der Waals surface area contributed by atoms with E-state index in [1.807, 2.05) is 0 Å². The maximum atomic E-state index is 12.5. The first-order valence-corrected chi connectivity index (χ1v) is 6.06. The molecule has 94 valence electrons. The lowest BCUT2D eigenvalue weighted by Gasteiger charge is -2.06. The zero-order chi connectivity index (χ0) is 13.4. The largest absolute Gasteiger partial charge is 0.504 e. The van der Waals surface area contributed by atoms with E-state index in [1.165, 1.54) is 0 Å². The molecule has 0 aliphatic rings. The van der Waals surface area contributed by atoms with Crippen molar-refractivity contribution < 1.29 is 27.2 Å². The minimum Gasteiger partial charge on any atom is -0.504 e. The summed E-state index contributed by atoms with van der Waals surface area (Å²) in [6.07, 6.45) is -3.16. The first-order valence-electron chi connectivity index (χ1n) is 3.75. The lowest BCUT2D eigenvalue weighted by atomic mass is 10.2. The van der Waals surface area contributed by atoms with E-state index in [0.29, 0.717) is 0 Å². The van der Waals surface area contributed by atoms with E-state index in [-0.39, 0.29) is 6.20 Å². The molecule has 0 radical (unpaired) electrons. The van der Waals surface area contributed by atoms with Gasteiger partial charge < -0.3 is 5.11 Å². The summed E-state index contributed by atoms with van der Waals surface area (Å²) in [7, 11) is 0.231. The number of pyridine rings is 1. The number of aromatic nitrogens is 1. The first-order chi connectivity index (χ1) is 7.66. The molecule has 0 saturated carbocycles. The molecule has 7 nitrogen and oxygen atoms in total. The molecule has 0 aliphatic heterocycles. The van der Waals surface area contributed by atoms with Gasteiger partial charge in [0.1, 0.15) is 11.8 Å². The monoisotopic (exact) mass is 288 g/mol. The van der Waals surface area contributed by atoms with Gasteiger partial charge in [0.05, 0.1) is 4.92 Å². The highest BCUT2D eigenvalue weighted by Gasteiger charge is 2.32. The van der Waals surface area contributed by atoms with Crippen LogP contribution in [0.5, 0.6) is 5.75 Å². The molecule has 1 heterocycles. The Labute approximate surface area is 97.2 Å². The van der Waals surface area contributed by atoms with E-state index >= 15 is 0 Å². The average molecular weight is 289 g/mol. The fourth-order valence-electron chi connectivity index (χ4n) is 1.03. The van der Waals surface area contributed by atoms with Gasteiger partial charge in [-0.1, -0.05) is 0 Å².